The largest absolute Gasteiger partial charge is 0.489 e. The van der Waals surface area contributed by atoms with Crippen molar-refractivity contribution in [2.75, 3.05) is 25.6 Å². The van der Waals surface area contributed by atoms with Crippen LogP contribution in [-0.2, 0) is 20.9 Å². The van der Waals surface area contributed by atoms with Gasteiger partial charge in [0.15, 0.2) is 0 Å². The molecule has 6 heteroatoms. The summed E-state index contributed by atoms with van der Waals surface area (Å²) in [4.78, 5) is 26.4. The number of hydrogen-bond acceptors (Lipinski definition) is 4. The minimum Gasteiger partial charge on any atom is -0.489 e. The third-order valence-corrected chi connectivity index (χ3v) is 4.84. The highest BCUT2D eigenvalue weighted by molar-refractivity contribution is 5.97. The fourth-order valence-corrected chi connectivity index (χ4v) is 3.28. The molecular formula is C22H26N2O4. The van der Waals surface area contributed by atoms with Crippen LogP contribution in [0.5, 0.6) is 5.75 Å². The van der Waals surface area contributed by atoms with Gasteiger partial charge in [0.25, 0.3) is 0 Å². The lowest BCUT2D eigenvalue weighted by Crippen LogP contribution is -2.38. The Morgan fingerprint density at radius 2 is 1.89 bits per heavy atom. The number of carbonyl (C=O) groups excluding carboxylic acids is 2. The molecule has 1 fully saturated rings. The number of likely N-dealkylation sites (tertiary alicyclic amines) is 1. The van der Waals surface area contributed by atoms with E-state index in [9.17, 15) is 9.59 Å². The Hall–Kier alpha value is -2.86. The average Bonchev–Trinajstić information content (AvgIpc) is 3.10. The van der Waals surface area contributed by atoms with E-state index in [2.05, 4.69) is 5.32 Å². The maximum Gasteiger partial charge on any atom is 0.229 e. The van der Waals surface area contributed by atoms with Crippen molar-refractivity contribution < 1.29 is 19.1 Å². The Bertz CT molecular complexity index is 792. The van der Waals surface area contributed by atoms with Gasteiger partial charge in [0.05, 0.1) is 18.6 Å². The predicted molar refractivity (Wildman–Crippen MR) is 107 cm³/mol. The first-order valence-electron chi connectivity index (χ1n) is 9.43. The second-order valence-corrected chi connectivity index (χ2v) is 7.04. The third-order valence-electron chi connectivity index (χ3n) is 4.84. The van der Waals surface area contributed by atoms with Crippen molar-refractivity contribution in [1.82, 2.24) is 4.90 Å². The van der Waals surface area contributed by atoms with Gasteiger partial charge in [-0.15, -0.1) is 0 Å². The first kappa shape index (κ1) is 19.9. The van der Waals surface area contributed by atoms with E-state index in [1.165, 1.54) is 0 Å². The average molecular weight is 382 g/mol. The summed E-state index contributed by atoms with van der Waals surface area (Å²) in [5, 5.41) is 2.89. The number of nitrogens with zero attached hydrogens (tertiary/aromatic N) is 1. The molecule has 148 valence electrons. The summed E-state index contributed by atoms with van der Waals surface area (Å²) in [6.07, 6.45) is 0.234. The van der Waals surface area contributed by atoms with Crippen molar-refractivity contribution in [3.05, 3.63) is 60.2 Å². The van der Waals surface area contributed by atoms with E-state index in [4.69, 9.17) is 9.47 Å². The quantitative estimate of drug-likeness (QED) is 0.762. The molecule has 2 aromatic rings. The maximum absolute atomic E-state index is 12.5. The Kier molecular flexibility index (Phi) is 6.66. The molecule has 2 amide bonds. The van der Waals surface area contributed by atoms with E-state index in [1.54, 1.807) is 24.1 Å². The molecule has 6 nitrogen and oxygen atoms in total. The zero-order chi connectivity index (χ0) is 19.9. The Labute approximate surface area is 165 Å². The monoisotopic (exact) mass is 382 g/mol. The molecular weight excluding hydrogens is 356 g/mol. The normalized spacial score (nSPS) is 17.4. The number of methoxy groups -OCH3 is 1. The number of benzene rings is 2. The van der Waals surface area contributed by atoms with Crippen LogP contribution >= 0.6 is 0 Å². The zero-order valence-corrected chi connectivity index (χ0v) is 16.3. The van der Waals surface area contributed by atoms with Crippen molar-refractivity contribution >= 4 is 17.5 Å². The fraction of sp³-hybridized carbons (Fsp3) is 0.364. The van der Waals surface area contributed by atoms with Crippen LogP contribution in [0.1, 0.15) is 18.9 Å². The Morgan fingerprint density at radius 3 is 2.57 bits per heavy atom. The molecule has 0 bridgehead atoms. The molecule has 0 unspecified atom stereocenters. The smallest absolute Gasteiger partial charge is 0.229 e. The van der Waals surface area contributed by atoms with Crippen molar-refractivity contribution in [2.24, 2.45) is 5.92 Å². The molecule has 1 heterocycles. The van der Waals surface area contributed by atoms with Gasteiger partial charge in [-0.2, -0.15) is 0 Å². The van der Waals surface area contributed by atoms with Gasteiger partial charge in [0.1, 0.15) is 12.4 Å². The van der Waals surface area contributed by atoms with Gasteiger partial charge in [-0.1, -0.05) is 30.3 Å². The molecule has 28 heavy (non-hydrogen) atoms. The lowest BCUT2D eigenvalue weighted by Gasteiger charge is -2.23. The Morgan fingerprint density at radius 1 is 1.18 bits per heavy atom. The van der Waals surface area contributed by atoms with Gasteiger partial charge < -0.3 is 19.7 Å². The summed E-state index contributed by atoms with van der Waals surface area (Å²) in [5.41, 5.74) is 1.78. The second kappa shape index (κ2) is 9.37. The van der Waals surface area contributed by atoms with Gasteiger partial charge in [0.2, 0.25) is 11.8 Å². The standard InChI is InChI=1S/C22H26N2O4/c1-16(14-27-2)24-13-18(12-21(24)25)22(26)23-19-8-10-20(11-9-19)28-15-17-6-4-3-5-7-17/h3-11,16,18H,12-15H2,1-2H3,(H,23,26)/t16-,18+/m1/s1. The lowest BCUT2D eigenvalue weighted by molar-refractivity contribution is -0.130. The predicted octanol–water partition coefficient (Wildman–Crippen LogP) is 3.09. The van der Waals surface area contributed by atoms with Crippen LogP contribution in [0.3, 0.4) is 0 Å². The molecule has 0 aromatic heterocycles. The van der Waals surface area contributed by atoms with Crippen molar-refractivity contribution in [1.29, 1.82) is 0 Å². The van der Waals surface area contributed by atoms with E-state index >= 15 is 0 Å². The molecule has 1 aliphatic heterocycles. The molecule has 0 saturated carbocycles. The molecule has 3 rings (SSSR count). The van der Waals surface area contributed by atoms with Crippen molar-refractivity contribution in [3.8, 4) is 5.75 Å². The third kappa shape index (κ3) is 5.10. The Balaban J connectivity index is 1.51. The summed E-state index contributed by atoms with van der Waals surface area (Å²) in [5.74, 6) is 0.242. The lowest BCUT2D eigenvalue weighted by atomic mass is 10.1. The van der Waals surface area contributed by atoms with E-state index in [-0.39, 0.29) is 30.2 Å². The molecule has 0 aliphatic carbocycles. The fourth-order valence-electron chi connectivity index (χ4n) is 3.28. The number of amides is 2. The van der Waals surface area contributed by atoms with Gasteiger partial charge in [-0.3, -0.25) is 9.59 Å². The highest BCUT2D eigenvalue weighted by Crippen LogP contribution is 2.23. The molecule has 1 saturated heterocycles. The summed E-state index contributed by atoms with van der Waals surface area (Å²) in [6, 6.07) is 17.2. The number of ether oxygens (including phenoxy) is 2. The number of hydrogen-bond donors (Lipinski definition) is 1. The van der Waals surface area contributed by atoms with E-state index < -0.39 is 0 Å². The topological polar surface area (TPSA) is 67.9 Å². The highest BCUT2D eigenvalue weighted by Gasteiger charge is 2.36. The SMILES string of the molecule is COC[C@@H](C)N1C[C@@H](C(=O)Nc2ccc(OCc3ccccc3)cc2)CC1=O. The zero-order valence-electron chi connectivity index (χ0n) is 16.3. The summed E-state index contributed by atoms with van der Waals surface area (Å²) < 4.78 is 10.9. The van der Waals surface area contributed by atoms with Crippen LogP contribution in [0.2, 0.25) is 0 Å². The van der Waals surface area contributed by atoms with Crippen LogP contribution in [0, 0.1) is 5.92 Å². The van der Waals surface area contributed by atoms with Gasteiger partial charge in [-0.05, 0) is 36.8 Å². The number of carbonyl (C=O) groups is 2. The minimum absolute atomic E-state index is 0.00522. The second-order valence-electron chi connectivity index (χ2n) is 7.04. The minimum atomic E-state index is -0.346. The first-order valence-corrected chi connectivity index (χ1v) is 9.43. The highest BCUT2D eigenvalue weighted by atomic mass is 16.5. The van der Waals surface area contributed by atoms with Crippen LogP contribution in [0.25, 0.3) is 0 Å². The number of rotatable bonds is 8. The van der Waals surface area contributed by atoms with E-state index in [0.29, 0.717) is 25.4 Å². The number of nitrogens with one attached hydrogen (secondary N) is 1. The summed E-state index contributed by atoms with van der Waals surface area (Å²) in [6.45, 7) is 3.31. The molecule has 1 N–H and O–H groups in total. The van der Waals surface area contributed by atoms with Gasteiger partial charge in [-0.25, -0.2) is 0 Å². The number of anilines is 1. The van der Waals surface area contributed by atoms with Crippen LogP contribution in [0.4, 0.5) is 5.69 Å². The summed E-state index contributed by atoms with van der Waals surface area (Å²) >= 11 is 0. The van der Waals surface area contributed by atoms with Crippen molar-refractivity contribution in [3.63, 3.8) is 0 Å². The molecule has 0 spiro atoms. The van der Waals surface area contributed by atoms with Crippen molar-refractivity contribution in [2.45, 2.75) is 26.0 Å². The molecule has 1 aliphatic rings. The van der Waals surface area contributed by atoms with E-state index in [1.807, 2.05) is 49.4 Å². The molecule has 2 atom stereocenters. The maximum atomic E-state index is 12.5. The molecule has 0 radical (unpaired) electrons. The van der Waals surface area contributed by atoms with Gasteiger partial charge >= 0.3 is 0 Å². The van der Waals surface area contributed by atoms with Crippen LogP contribution in [-0.4, -0.2) is 43.0 Å². The molecule has 2 aromatic carbocycles. The van der Waals surface area contributed by atoms with E-state index in [0.717, 1.165) is 11.3 Å². The first-order chi connectivity index (χ1) is 13.6. The summed E-state index contributed by atoms with van der Waals surface area (Å²) in [7, 11) is 1.61. The van der Waals surface area contributed by atoms with Crippen LogP contribution in [0.15, 0.2) is 54.6 Å². The van der Waals surface area contributed by atoms with Gasteiger partial charge in [0, 0.05) is 25.8 Å². The van der Waals surface area contributed by atoms with Crippen LogP contribution < -0.4 is 10.1 Å².